The smallest absolute Gasteiger partial charge is 0.215 e. The molecule has 0 fully saturated rings. The molecule has 0 spiro atoms. The van der Waals surface area contributed by atoms with Crippen molar-refractivity contribution in [1.82, 2.24) is 9.71 Å². The lowest BCUT2D eigenvalue weighted by atomic mass is 10.1. The minimum absolute atomic E-state index is 0. The molecule has 7 heteroatoms. The Balaban J connectivity index is 0.00000220. The number of hydrogen-bond donors (Lipinski definition) is 2. The Morgan fingerprint density at radius 1 is 1.24 bits per heavy atom. The third-order valence-corrected chi connectivity index (χ3v) is 4.08. The fraction of sp³-hybridized carbons (Fsp3) is 0.357. The van der Waals surface area contributed by atoms with Crippen LogP contribution in [0.15, 0.2) is 36.5 Å². The highest BCUT2D eigenvalue weighted by Gasteiger charge is 2.18. The number of pyridine rings is 1. The molecule has 5 nitrogen and oxygen atoms in total. The van der Waals surface area contributed by atoms with E-state index >= 15 is 0 Å². The predicted octanol–water partition coefficient (Wildman–Crippen LogP) is 1.81. The number of nitrogens with zero attached hydrogens (tertiary/aromatic N) is 1. The predicted molar refractivity (Wildman–Crippen MR) is 87.9 cm³/mol. The lowest BCUT2D eigenvalue weighted by Gasteiger charge is -2.19. The molecule has 2 rings (SSSR count). The van der Waals surface area contributed by atoms with Crippen molar-refractivity contribution in [2.24, 2.45) is 5.73 Å². The maximum atomic E-state index is 12.1. The molecule has 0 aliphatic carbocycles. The quantitative estimate of drug-likeness (QED) is 0.876. The highest BCUT2D eigenvalue weighted by Crippen LogP contribution is 2.17. The van der Waals surface area contributed by atoms with E-state index < -0.39 is 15.6 Å². The van der Waals surface area contributed by atoms with Crippen LogP contribution in [0.3, 0.4) is 0 Å². The van der Waals surface area contributed by atoms with E-state index in [-0.39, 0.29) is 24.7 Å². The molecule has 0 unspecified atom stereocenters. The van der Waals surface area contributed by atoms with Crippen LogP contribution in [0.2, 0.25) is 0 Å². The summed E-state index contributed by atoms with van der Waals surface area (Å²) in [7, 11) is -3.43. The molecule has 0 aliphatic rings. The molecule has 2 aromatic rings. The van der Waals surface area contributed by atoms with Crippen molar-refractivity contribution in [2.75, 3.05) is 6.54 Å². The SMILES string of the molecule is CC(C)(N)CNS(=O)(=O)Cc1cccc2cccnc12.Cl. The molecule has 21 heavy (non-hydrogen) atoms. The van der Waals surface area contributed by atoms with Gasteiger partial charge in [0, 0.05) is 23.7 Å². The highest BCUT2D eigenvalue weighted by atomic mass is 35.5. The summed E-state index contributed by atoms with van der Waals surface area (Å²) in [6.07, 6.45) is 1.66. The second-order valence-electron chi connectivity index (χ2n) is 5.56. The van der Waals surface area contributed by atoms with Gasteiger partial charge in [-0.3, -0.25) is 4.98 Å². The van der Waals surface area contributed by atoms with E-state index in [1.165, 1.54) is 0 Å². The van der Waals surface area contributed by atoms with Crippen molar-refractivity contribution in [2.45, 2.75) is 25.1 Å². The standard InChI is InChI=1S/C14H19N3O2S.ClH/c1-14(2,15)10-17-20(18,19)9-12-6-3-5-11-7-4-8-16-13(11)12;/h3-8,17H,9-10,15H2,1-2H3;1H. The Morgan fingerprint density at radius 2 is 1.90 bits per heavy atom. The van der Waals surface area contributed by atoms with Gasteiger partial charge in [0.05, 0.1) is 11.3 Å². The Hall–Kier alpha value is -1.21. The third kappa shape index (κ3) is 5.24. The number of nitrogens with two attached hydrogens (primary N) is 1. The van der Waals surface area contributed by atoms with Crippen LogP contribution >= 0.6 is 12.4 Å². The summed E-state index contributed by atoms with van der Waals surface area (Å²) in [6.45, 7) is 3.75. The van der Waals surface area contributed by atoms with Gasteiger partial charge in [0.1, 0.15) is 0 Å². The molecule has 0 radical (unpaired) electrons. The van der Waals surface area contributed by atoms with Gasteiger partial charge in [-0.2, -0.15) is 0 Å². The number of aromatic nitrogens is 1. The van der Waals surface area contributed by atoms with E-state index in [2.05, 4.69) is 9.71 Å². The van der Waals surface area contributed by atoms with Crippen molar-refractivity contribution in [1.29, 1.82) is 0 Å². The molecular formula is C14H20ClN3O2S. The first-order valence-corrected chi connectivity index (χ1v) is 8.01. The van der Waals surface area contributed by atoms with E-state index in [0.29, 0.717) is 11.1 Å². The molecule has 0 atom stereocenters. The largest absolute Gasteiger partial charge is 0.324 e. The zero-order valence-corrected chi connectivity index (χ0v) is 13.7. The second kappa shape index (κ2) is 6.70. The Kier molecular flexibility index (Phi) is 5.69. The van der Waals surface area contributed by atoms with Crippen LogP contribution in [0, 0.1) is 0 Å². The number of benzene rings is 1. The third-order valence-electron chi connectivity index (χ3n) is 2.81. The maximum Gasteiger partial charge on any atom is 0.215 e. The van der Waals surface area contributed by atoms with Gasteiger partial charge in [0.2, 0.25) is 10.0 Å². The first kappa shape index (κ1) is 17.8. The summed E-state index contributed by atoms with van der Waals surface area (Å²) < 4.78 is 26.7. The zero-order valence-electron chi connectivity index (χ0n) is 12.0. The molecule has 1 aromatic heterocycles. The molecule has 0 saturated heterocycles. The van der Waals surface area contributed by atoms with Gasteiger partial charge in [0.15, 0.2) is 0 Å². The summed E-state index contributed by atoms with van der Waals surface area (Å²) in [5.41, 5.74) is 6.61. The lowest BCUT2D eigenvalue weighted by molar-refractivity contribution is 0.497. The molecular weight excluding hydrogens is 310 g/mol. The first-order chi connectivity index (χ1) is 9.27. The molecule has 0 bridgehead atoms. The first-order valence-electron chi connectivity index (χ1n) is 6.36. The Labute approximate surface area is 131 Å². The molecule has 116 valence electrons. The number of para-hydroxylation sites is 1. The molecule has 0 aliphatic heterocycles. The van der Waals surface area contributed by atoms with Gasteiger partial charge in [-0.1, -0.05) is 24.3 Å². The van der Waals surface area contributed by atoms with Crippen molar-refractivity contribution in [3.05, 3.63) is 42.1 Å². The van der Waals surface area contributed by atoms with Crippen molar-refractivity contribution >= 4 is 33.3 Å². The molecule has 0 amide bonds. The van der Waals surface area contributed by atoms with Crippen LogP contribution in [0.4, 0.5) is 0 Å². The van der Waals surface area contributed by atoms with Gasteiger partial charge in [-0.25, -0.2) is 13.1 Å². The van der Waals surface area contributed by atoms with E-state index in [1.807, 2.05) is 24.3 Å². The monoisotopic (exact) mass is 329 g/mol. The van der Waals surface area contributed by atoms with Crippen LogP contribution < -0.4 is 10.5 Å². The summed E-state index contributed by atoms with van der Waals surface area (Å²) >= 11 is 0. The minimum Gasteiger partial charge on any atom is -0.324 e. The Bertz CT molecular complexity index is 706. The van der Waals surface area contributed by atoms with Crippen LogP contribution in [0.25, 0.3) is 10.9 Å². The average Bonchev–Trinajstić information content (AvgIpc) is 2.36. The topological polar surface area (TPSA) is 85.1 Å². The summed E-state index contributed by atoms with van der Waals surface area (Å²) in [5.74, 6) is -0.0998. The molecule has 0 saturated carbocycles. The van der Waals surface area contributed by atoms with Gasteiger partial charge < -0.3 is 5.73 Å². The zero-order chi connectivity index (χ0) is 14.8. The van der Waals surface area contributed by atoms with Crippen LogP contribution in [-0.2, 0) is 15.8 Å². The summed E-state index contributed by atoms with van der Waals surface area (Å²) in [4.78, 5) is 4.26. The fourth-order valence-corrected chi connectivity index (χ4v) is 3.17. The van der Waals surface area contributed by atoms with E-state index in [1.54, 1.807) is 26.1 Å². The van der Waals surface area contributed by atoms with Crippen molar-refractivity contribution in [3.63, 3.8) is 0 Å². The number of fused-ring (bicyclic) bond motifs is 1. The lowest BCUT2D eigenvalue weighted by Crippen LogP contribution is -2.45. The Morgan fingerprint density at radius 3 is 2.57 bits per heavy atom. The van der Waals surface area contributed by atoms with E-state index in [0.717, 1.165) is 5.39 Å². The number of nitrogens with one attached hydrogen (secondary N) is 1. The van der Waals surface area contributed by atoms with Crippen LogP contribution in [-0.4, -0.2) is 25.5 Å². The molecule has 1 heterocycles. The van der Waals surface area contributed by atoms with E-state index in [4.69, 9.17) is 5.73 Å². The average molecular weight is 330 g/mol. The van der Waals surface area contributed by atoms with Crippen LogP contribution in [0.5, 0.6) is 0 Å². The second-order valence-corrected chi connectivity index (χ2v) is 7.37. The van der Waals surface area contributed by atoms with Gasteiger partial charge >= 0.3 is 0 Å². The van der Waals surface area contributed by atoms with E-state index in [9.17, 15) is 8.42 Å². The molecule has 1 aromatic carbocycles. The maximum absolute atomic E-state index is 12.1. The number of hydrogen-bond acceptors (Lipinski definition) is 4. The summed E-state index contributed by atoms with van der Waals surface area (Å²) in [5, 5.41) is 0.930. The van der Waals surface area contributed by atoms with Gasteiger partial charge in [0.25, 0.3) is 0 Å². The highest BCUT2D eigenvalue weighted by molar-refractivity contribution is 7.88. The minimum atomic E-state index is -3.43. The van der Waals surface area contributed by atoms with Crippen molar-refractivity contribution in [3.8, 4) is 0 Å². The van der Waals surface area contributed by atoms with Gasteiger partial charge in [-0.05, 0) is 25.5 Å². The van der Waals surface area contributed by atoms with Crippen LogP contribution in [0.1, 0.15) is 19.4 Å². The van der Waals surface area contributed by atoms with Gasteiger partial charge in [-0.15, -0.1) is 12.4 Å². The molecule has 3 N–H and O–H groups in total. The summed E-state index contributed by atoms with van der Waals surface area (Å²) in [6, 6.07) is 9.27. The van der Waals surface area contributed by atoms with Crippen molar-refractivity contribution < 1.29 is 8.42 Å². The fourth-order valence-electron chi connectivity index (χ4n) is 1.84. The number of rotatable bonds is 5. The normalized spacial score (nSPS) is 12.1. The number of sulfonamides is 1. The number of halogens is 1.